The van der Waals surface area contributed by atoms with E-state index in [0.29, 0.717) is 11.1 Å². The molecule has 0 fully saturated rings. The molecule has 2 aromatic rings. The van der Waals surface area contributed by atoms with Crippen molar-refractivity contribution in [3.63, 3.8) is 0 Å². The van der Waals surface area contributed by atoms with Crippen LogP contribution in [0.4, 0.5) is 0 Å². The smallest absolute Gasteiger partial charge is 0.260 e. The van der Waals surface area contributed by atoms with E-state index in [4.69, 9.17) is 0 Å². The second-order valence-corrected chi connectivity index (χ2v) is 3.97. The largest absolute Gasteiger partial charge is 0.377 e. The Morgan fingerprint density at radius 1 is 0.550 bits per heavy atom. The molecule has 6 heteroatoms. The summed E-state index contributed by atoms with van der Waals surface area (Å²) >= 11 is 0. The van der Waals surface area contributed by atoms with Crippen molar-refractivity contribution in [3.8, 4) is 11.1 Å². The van der Waals surface area contributed by atoms with Crippen LogP contribution in [0.25, 0.3) is 11.1 Å². The Balaban J connectivity index is 2.25. The molecule has 1 aliphatic heterocycles. The normalized spacial score (nSPS) is 14.6. The molecule has 0 spiro atoms. The molecule has 0 atom stereocenters. The number of benzene rings is 2. The number of fused-ring (bicyclic) bond motifs is 3. The van der Waals surface area contributed by atoms with Crippen LogP contribution in [0.2, 0.25) is 0 Å². The molecule has 0 amide bonds. The summed E-state index contributed by atoms with van der Waals surface area (Å²) in [5, 5.41) is 8.14. The lowest BCUT2D eigenvalue weighted by Crippen LogP contribution is -2.14. The van der Waals surface area contributed by atoms with E-state index in [0.717, 1.165) is 0 Å². The highest BCUT2D eigenvalue weighted by molar-refractivity contribution is 6.02. The van der Waals surface area contributed by atoms with Crippen LogP contribution in [-0.2, 0) is 19.9 Å². The van der Waals surface area contributed by atoms with E-state index in [1.165, 1.54) is 0 Å². The van der Waals surface area contributed by atoms with Crippen molar-refractivity contribution in [2.45, 2.75) is 0 Å². The van der Waals surface area contributed by atoms with Gasteiger partial charge in [0.1, 0.15) is 0 Å². The lowest BCUT2D eigenvalue weighted by Gasteiger charge is -2.13. The van der Waals surface area contributed by atoms with Crippen molar-refractivity contribution in [1.82, 2.24) is 0 Å². The Morgan fingerprint density at radius 3 is 1.30 bits per heavy atom. The monoisotopic (exact) mass is 272 g/mol. The molecule has 0 saturated heterocycles. The quantitative estimate of drug-likeness (QED) is 0.686. The molecule has 0 N–H and O–H groups in total. The van der Waals surface area contributed by atoms with Crippen LogP contribution in [0, 0.1) is 0 Å². The molecular weight excluding hydrogens is 264 g/mol. The summed E-state index contributed by atoms with van der Waals surface area (Å²) in [7, 11) is 0. The highest BCUT2D eigenvalue weighted by Gasteiger charge is 2.22. The maximum atomic E-state index is 11.8. The topological polar surface area (TPSA) is 71.1 Å². The van der Waals surface area contributed by atoms with E-state index in [-0.39, 0.29) is 11.1 Å². The first-order chi connectivity index (χ1) is 9.77. The summed E-state index contributed by atoms with van der Waals surface area (Å²) in [6.07, 6.45) is 0. The minimum atomic E-state index is -0.756. The number of hydrogen-bond acceptors (Lipinski definition) is 6. The van der Waals surface area contributed by atoms with E-state index >= 15 is 0 Å². The SMILES string of the molecule is O=C1OOOOC(=O)c2ccccc2-c2ccccc21. The van der Waals surface area contributed by atoms with Crippen LogP contribution in [0.15, 0.2) is 48.5 Å². The van der Waals surface area contributed by atoms with Crippen molar-refractivity contribution >= 4 is 11.9 Å². The Hall–Kier alpha value is -2.70. The van der Waals surface area contributed by atoms with Crippen molar-refractivity contribution in [1.29, 1.82) is 0 Å². The Labute approximate surface area is 113 Å². The minimum Gasteiger partial charge on any atom is -0.260 e. The Bertz CT molecular complexity index is 619. The molecule has 100 valence electrons. The molecule has 3 rings (SSSR count). The summed E-state index contributed by atoms with van der Waals surface area (Å²) in [5.74, 6) is -1.51. The van der Waals surface area contributed by atoms with Gasteiger partial charge in [-0.3, -0.25) is 9.78 Å². The standard InChI is InChI=1S/C14H8O6/c15-13-11-7-3-1-5-9(11)10-6-2-4-8-12(10)14(16)18-20-19-17-13/h1-8H. The predicted molar refractivity (Wildman–Crippen MR) is 64.9 cm³/mol. The third-order valence-electron chi connectivity index (χ3n) is 2.83. The second kappa shape index (κ2) is 5.12. The van der Waals surface area contributed by atoms with E-state index in [2.05, 4.69) is 19.9 Å². The lowest BCUT2D eigenvalue weighted by atomic mass is 9.95. The maximum Gasteiger partial charge on any atom is 0.377 e. The van der Waals surface area contributed by atoms with Crippen molar-refractivity contribution in [2.75, 3.05) is 0 Å². The molecule has 0 unspecified atom stereocenters. The molecule has 0 aromatic heterocycles. The van der Waals surface area contributed by atoms with Crippen molar-refractivity contribution in [2.24, 2.45) is 0 Å². The molecule has 20 heavy (non-hydrogen) atoms. The fourth-order valence-corrected chi connectivity index (χ4v) is 1.97. The van der Waals surface area contributed by atoms with Crippen LogP contribution < -0.4 is 0 Å². The van der Waals surface area contributed by atoms with E-state index in [1.807, 2.05) is 0 Å². The maximum absolute atomic E-state index is 11.8. The summed E-state index contributed by atoms with van der Waals surface area (Å²) in [5.41, 5.74) is 1.57. The van der Waals surface area contributed by atoms with Gasteiger partial charge in [0.25, 0.3) is 0 Å². The zero-order chi connectivity index (χ0) is 13.9. The van der Waals surface area contributed by atoms with Gasteiger partial charge in [0, 0.05) is 10.1 Å². The minimum absolute atomic E-state index is 0.248. The number of carbonyl (C=O) groups is 2. The van der Waals surface area contributed by atoms with Gasteiger partial charge in [0.15, 0.2) is 0 Å². The Morgan fingerprint density at radius 2 is 0.900 bits per heavy atom. The molecule has 0 radical (unpaired) electrons. The average Bonchev–Trinajstić information content (AvgIpc) is 2.50. The number of carbonyl (C=O) groups excluding carboxylic acids is 2. The summed E-state index contributed by atoms with van der Waals surface area (Å²) in [6.45, 7) is 0. The predicted octanol–water partition coefficient (Wildman–Crippen LogP) is 2.46. The zero-order valence-corrected chi connectivity index (χ0v) is 10.1. The third-order valence-corrected chi connectivity index (χ3v) is 2.83. The second-order valence-electron chi connectivity index (χ2n) is 3.97. The molecule has 1 heterocycles. The summed E-state index contributed by atoms with van der Waals surface area (Å²) < 4.78 is 0. The van der Waals surface area contributed by atoms with E-state index in [1.54, 1.807) is 48.5 Å². The van der Waals surface area contributed by atoms with Gasteiger partial charge in [0.2, 0.25) is 0 Å². The van der Waals surface area contributed by atoms with Gasteiger partial charge in [-0.05, 0) is 23.3 Å². The fourth-order valence-electron chi connectivity index (χ4n) is 1.97. The first kappa shape index (κ1) is 12.3. The first-order valence-corrected chi connectivity index (χ1v) is 5.72. The van der Waals surface area contributed by atoms with Gasteiger partial charge in [0.05, 0.1) is 11.1 Å². The molecule has 2 aromatic carbocycles. The Kier molecular flexibility index (Phi) is 3.16. The van der Waals surface area contributed by atoms with Crippen molar-refractivity contribution < 1.29 is 29.4 Å². The zero-order valence-electron chi connectivity index (χ0n) is 10.1. The van der Waals surface area contributed by atoms with Gasteiger partial charge in [-0.1, -0.05) is 36.4 Å². The highest BCUT2D eigenvalue weighted by atomic mass is 17.7. The molecule has 0 aliphatic carbocycles. The number of hydrogen-bond donors (Lipinski definition) is 0. The molecule has 1 aliphatic rings. The van der Waals surface area contributed by atoms with Gasteiger partial charge in [-0.15, -0.1) is 0 Å². The van der Waals surface area contributed by atoms with Crippen LogP contribution >= 0.6 is 0 Å². The van der Waals surface area contributed by atoms with Gasteiger partial charge in [-0.25, -0.2) is 9.59 Å². The van der Waals surface area contributed by atoms with Crippen LogP contribution in [0.1, 0.15) is 20.7 Å². The third kappa shape index (κ3) is 2.13. The lowest BCUT2D eigenvalue weighted by molar-refractivity contribution is -0.595. The fraction of sp³-hybridized carbons (Fsp3) is 0. The molecule has 0 bridgehead atoms. The van der Waals surface area contributed by atoms with Crippen LogP contribution in [0.5, 0.6) is 0 Å². The summed E-state index contributed by atoms with van der Waals surface area (Å²) in [4.78, 5) is 32.4. The number of rotatable bonds is 0. The van der Waals surface area contributed by atoms with E-state index in [9.17, 15) is 9.59 Å². The first-order valence-electron chi connectivity index (χ1n) is 5.72. The van der Waals surface area contributed by atoms with Gasteiger partial charge in [-0.2, -0.15) is 0 Å². The van der Waals surface area contributed by atoms with E-state index < -0.39 is 11.9 Å². The van der Waals surface area contributed by atoms with Crippen LogP contribution in [-0.4, -0.2) is 11.9 Å². The molecule has 6 nitrogen and oxygen atoms in total. The van der Waals surface area contributed by atoms with Gasteiger partial charge >= 0.3 is 11.9 Å². The van der Waals surface area contributed by atoms with Crippen molar-refractivity contribution in [3.05, 3.63) is 59.7 Å². The molecule has 0 saturated carbocycles. The molecular formula is C14H8O6. The summed E-state index contributed by atoms with van der Waals surface area (Å²) in [6, 6.07) is 13.4. The highest BCUT2D eigenvalue weighted by Crippen LogP contribution is 2.29. The average molecular weight is 272 g/mol. The van der Waals surface area contributed by atoms with Gasteiger partial charge < -0.3 is 0 Å². The van der Waals surface area contributed by atoms with Crippen LogP contribution in [0.3, 0.4) is 0 Å².